The summed E-state index contributed by atoms with van der Waals surface area (Å²) >= 11 is 0. The van der Waals surface area contributed by atoms with Gasteiger partial charge in [-0.1, -0.05) is 0 Å². The van der Waals surface area contributed by atoms with E-state index < -0.39 is 0 Å². The minimum Gasteiger partial charge on any atom is -0.347 e. The molecule has 2 amide bonds. The van der Waals surface area contributed by atoms with Gasteiger partial charge in [-0.25, -0.2) is 9.97 Å². The molecule has 1 aromatic rings. The Morgan fingerprint density at radius 3 is 2.22 bits per heavy atom. The predicted octanol–water partition coefficient (Wildman–Crippen LogP) is -0.0406. The highest BCUT2D eigenvalue weighted by atomic mass is 16.2. The van der Waals surface area contributed by atoms with Gasteiger partial charge in [0.25, 0.3) is 0 Å². The molecular formula is C11H17N5O2. The quantitative estimate of drug-likeness (QED) is 0.812. The highest BCUT2D eigenvalue weighted by Crippen LogP contribution is 2.07. The van der Waals surface area contributed by atoms with Crippen molar-refractivity contribution in [3.05, 3.63) is 12.4 Å². The SMILES string of the molecule is CC(=O)N(C)CC(=O)Nc1cnc(N(C)C)nc1. The summed E-state index contributed by atoms with van der Waals surface area (Å²) in [7, 11) is 5.22. The van der Waals surface area contributed by atoms with Crippen LogP contribution in [0.4, 0.5) is 11.6 Å². The molecule has 98 valence electrons. The normalized spacial score (nSPS) is 9.78. The maximum atomic E-state index is 11.6. The molecule has 0 atom stereocenters. The van der Waals surface area contributed by atoms with Crippen molar-refractivity contribution in [2.24, 2.45) is 0 Å². The lowest BCUT2D eigenvalue weighted by Gasteiger charge is -2.14. The molecule has 0 aliphatic heterocycles. The molecule has 0 aromatic carbocycles. The molecule has 1 rings (SSSR count). The molecule has 0 saturated carbocycles. The summed E-state index contributed by atoms with van der Waals surface area (Å²) in [5.41, 5.74) is 0.502. The maximum Gasteiger partial charge on any atom is 0.244 e. The second kappa shape index (κ2) is 5.95. The summed E-state index contributed by atoms with van der Waals surface area (Å²) in [5, 5.41) is 2.62. The van der Waals surface area contributed by atoms with Crippen molar-refractivity contribution < 1.29 is 9.59 Å². The zero-order valence-electron chi connectivity index (χ0n) is 11.0. The summed E-state index contributed by atoms with van der Waals surface area (Å²) in [6.45, 7) is 1.41. The molecule has 0 spiro atoms. The van der Waals surface area contributed by atoms with E-state index in [9.17, 15) is 9.59 Å². The van der Waals surface area contributed by atoms with Crippen LogP contribution < -0.4 is 10.2 Å². The van der Waals surface area contributed by atoms with Crippen LogP contribution in [-0.4, -0.2) is 54.4 Å². The first kappa shape index (κ1) is 13.9. The molecule has 1 heterocycles. The van der Waals surface area contributed by atoms with Gasteiger partial charge in [-0.2, -0.15) is 0 Å². The molecule has 0 saturated heterocycles. The van der Waals surface area contributed by atoms with Crippen LogP contribution in [-0.2, 0) is 9.59 Å². The van der Waals surface area contributed by atoms with Gasteiger partial charge in [0.05, 0.1) is 24.6 Å². The third-order valence-corrected chi connectivity index (χ3v) is 2.24. The number of hydrogen-bond donors (Lipinski definition) is 1. The molecule has 0 radical (unpaired) electrons. The Morgan fingerprint density at radius 1 is 1.22 bits per heavy atom. The van der Waals surface area contributed by atoms with Gasteiger partial charge in [0.15, 0.2) is 0 Å². The van der Waals surface area contributed by atoms with Crippen molar-refractivity contribution in [1.29, 1.82) is 0 Å². The highest BCUT2D eigenvalue weighted by molar-refractivity contribution is 5.93. The third kappa shape index (κ3) is 4.00. The lowest BCUT2D eigenvalue weighted by molar-refractivity contribution is -0.131. The zero-order valence-corrected chi connectivity index (χ0v) is 11.0. The molecule has 0 fully saturated rings. The summed E-state index contributed by atoms with van der Waals surface area (Å²) in [6, 6.07) is 0. The zero-order chi connectivity index (χ0) is 13.7. The number of amides is 2. The molecule has 7 nitrogen and oxygen atoms in total. The van der Waals surface area contributed by atoms with Gasteiger partial charge in [0.2, 0.25) is 17.8 Å². The van der Waals surface area contributed by atoms with Crippen LogP contribution in [0.1, 0.15) is 6.92 Å². The summed E-state index contributed by atoms with van der Waals surface area (Å²) in [5.74, 6) is 0.118. The van der Waals surface area contributed by atoms with Gasteiger partial charge in [-0.05, 0) is 0 Å². The van der Waals surface area contributed by atoms with Gasteiger partial charge in [-0.15, -0.1) is 0 Å². The van der Waals surface area contributed by atoms with Crippen LogP contribution in [0.25, 0.3) is 0 Å². The second-order valence-electron chi connectivity index (χ2n) is 4.09. The molecule has 1 aromatic heterocycles. The summed E-state index contributed by atoms with van der Waals surface area (Å²) < 4.78 is 0. The fraction of sp³-hybridized carbons (Fsp3) is 0.455. The van der Waals surface area contributed by atoms with Gasteiger partial charge in [0, 0.05) is 28.1 Å². The van der Waals surface area contributed by atoms with Crippen molar-refractivity contribution >= 4 is 23.5 Å². The molecule has 0 unspecified atom stereocenters. The van der Waals surface area contributed by atoms with E-state index in [1.807, 2.05) is 14.1 Å². The molecule has 0 bridgehead atoms. The fourth-order valence-corrected chi connectivity index (χ4v) is 1.14. The van der Waals surface area contributed by atoms with E-state index in [1.54, 1.807) is 11.9 Å². The lowest BCUT2D eigenvalue weighted by Crippen LogP contribution is -2.33. The van der Waals surface area contributed by atoms with Crippen LogP contribution in [0, 0.1) is 0 Å². The Hall–Kier alpha value is -2.18. The molecule has 0 aliphatic carbocycles. The number of hydrogen-bond acceptors (Lipinski definition) is 5. The molecule has 1 N–H and O–H groups in total. The van der Waals surface area contributed by atoms with Gasteiger partial charge in [0.1, 0.15) is 0 Å². The smallest absolute Gasteiger partial charge is 0.244 e. The number of nitrogens with one attached hydrogen (secondary N) is 1. The van der Waals surface area contributed by atoms with Gasteiger partial charge in [-0.3, -0.25) is 9.59 Å². The molecular weight excluding hydrogens is 234 g/mol. The molecule has 18 heavy (non-hydrogen) atoms. The van der Waals surface area contributed by atoms with E-state index >= 15 is 0 Å². The predicted molar refractivity (Wildman–Crippen MR) is 68.3 cm³/mol. The largest absolute Gasteiger partial charge is 0.347 e. The first-order valence-corrected chi connectivity index (χ1v) is 5.41. The highest BCUT2D eigenvalue weighted by Gasteiger charge is 2.09. The van der Waals surface area contributed by atoms with Crippen LogP contribution in [0.3, 0.4) is 0 Å². The summed E-state index contributed by atoms with van der Waals surface area (Å²) in [4.78, 5) is 33.8. The van der Waals surface area contributed by atoms with Crippen LogP contribution in [0.2, 0.25) is 0 Å². The molecule has 7 heteroatoms. The Balaban J connectivity index is 2.57. The lowest BCUT2D eigenvalue weighted by atomic mass is 10.4. The third-order valence-electron chi connectivity index (χ3n) is 2.24. The number of anilines is 2. The van der Waals surface area contributed by atoms with E-state index in [0.717, 1.165) is 0 Å². The number of carbonyl (C=O) groups excluding carboxylic acids is 2. The Bertz CT molecular complexity index is 430. The van der Waals surface area contributed by atoms with Gasteiger partial charge >= 0.3 is 0 Å². The van der Waals surface area contributed by atoms with Crippen molar-refractivity contribution in [3.8, 4) is 0 Å². The topological polar surface area (TPSA) is 78.4 Å². The number of rotatable bonds is 4. The van der Waals surface area contributed by atoms with Crippen molar-refractivity contribution in [2.45, 2.75) is 6.92 Å². The Labute approximate surface area is 106 Å². The maximum absolute atomic E-state index is 11.6. The van der Waals surface area contributed by atoms with Crippen LogP contribution in [0.15, 0.2) is 12.4 Å². The minimum absolute atomic E-state index is 0.00473. The molecule has 0 aliphatic rings. The number of carbonyl (C=O) groups is 2. The minimum atomic E-state index is -0.283. The van der Waals surface area contributed by atoms with E-state index in [4.69, 9.17) is 0 Å². The monoisotopic (exact) mass is 251 g/mol. The van der Waals surface area contributed by atoms with Gasteiger partial charge < -0.3 is 15.1 Å². The van der Waals surface area contributed by atoms with Crippen LogP contribution in [0.5, 0.6) is 0 Å². The first-order valence-electron chi connectivity index (χ1n) is 5.41. The first-order chi connectivity index (χ1) is 8.40. The Kier molecular flexibility index (Phi) is 4.59. The van der Waals surface area contributed by atoms with Crippen LogP contribution >= 0.6 is 0 Å². The number of likely N-dealkylation sites (N-methyl/N-ethyl adjacent to an activating group) is 1. The summed E-state index contributed by atoms with van der Waals surface area (Å²) in [6.07, 6.45) is 3.04. The van der Waals surface area contributed by atoms with E-state index in [-0.39, 0.29) is 18.4 Å². The van der Waals surface area contributed by atoms with E-state index in [2.05, 4.69) is 15.3 Å². The van der Waals surface area contributed by atoms with E-state index in [1.165, 1.54) is 24.2 Å². The van der Waals surface area contributed by atoms with E-state index in [0.29, 0.717) is 11.6 Å². The van der Waals surface area contributed by atoms with Crippen molar-refractivity contribution in [2.75, 3.05) is 37.9 Å². The second-order valence-corrected chi connectivity index (χ2v) is 4.09. The average molecular weight is 251 g/mol. The standard InChI is InChI=1S/C11H17N5O2/c1-8(17)16(4)7-10(18)14-9-5-12-11(13-6-9)15(2)3/h5-6H,7H2,1-4H3,(H,14,18). The number of aromatic nitrogens is 2. The average Bonchev–Trinajstić information content (AvgIpc) is 2.29. The number of nitrogens with zero attached hydrogens (tertiary/aromatic N) is 4. The van der Waals surface area contributed by atoms with Crippen molar-refractivity contribution in [1.82, 2.24) is 14.9 Å². The Morgan fingerprint density at radius 2 is 1.78 bits per heavy atom. The fourth-order valence-electron chi connectivity index (χ4n) is 1.14. The van der Waals surface area contributed by atoms with Crippen molar-refractivity contribution in [3.63, 3.8) is 0 Å².